The molecule has 31 heavy (non-hydrogen) atoms. The van der Waals surface area contributed by atoms with Gasteiger partial charge in [0.15, 0.2) is 5.69 Å². The molecule has 1 atom stereocenters. The molecule has 1 aromatic carbocycles. The fourth-order valence-electron chi connectivity index (χ4n) is 3.99. The lowest BCUT2D eigenvalue weighted by atomic mass is 9.86. The van der Waals surface area contributed by atoms with Crippen LogP contribution < -0.4 is 5.32 Å². The number of hydrogen-bond donors (Lipinski definition) is 3. The summed E-state index contributed by atoms with van der Waals surface area (Å²) in [5.74, 6) is 0.200. The Balaban J connectivity index is 1.63. The second kappa shape index (κ2) is 7.27. The van der Waals surface area contributed by atoms with E-state index in [2.05, 4.69) is 30.3 Å². The van der Waals surface area contributed by atoms with Crippen LogP contribution in [0, 0.1) is 13.5 Å². The van der Waals surface area contributed by atoms with Gasteiger partial charge in [-0.05, 0) is 43.4 Å². The summed E-state index contributed by atoms with van der Waals surface area (Å²) < 4.78 is 39.5. The van der Waals surface area contributed by atoms with Crippen LogP contribution >= 0.6 is 0 Å². The Morgan fingerprint density at radius 3 is 2.68 bits per heavy atom. The number of alkyl halides is 3. The highest BCUT2D eigenvalue weighted by Gasteiger charge is 2.48. The molecule has 0 saturated heterocycles. The zero-order valence-electron chi connectivity index (χ0n) is 16.8. The zero-order valence-corrected chi connectivity index (χ0v) is 16.8. The number of amides is 1. The van der Waals surface area contributed by atoms with Crippen molar-refractivity contribution in [2.24, 2.45) is 0 Å². The average Bonchev–Trinajstić information content (AvgIpc) is 3.15. The third-order valence-corrected chi connectivity index (χ3v) is 5.80. The summed E-state index contributed by atoms with van der Waals surface area (Å²) >= 11 is 0. The van der Waals surface area contributed by atoms with E-state index in [-0.39, 0.29) is 11.9 Å². The van der Waals surface area contributed by atoms with Crippen LogP contribution in [0.5, 0.6) is 0 Å². The lowest BCUT2D eigenvalue weighted by molar-refractivity contribution is -0.136. The maximum atomic E-state index is 13.2. The molecule has 1 amide bonds. The third kappa shape index (κ3) is 3.56. The number of carbonyl (C=O) groups is 1. The average molecular weight is 428 g/mol. The normalized spacial score (nSPS) is 15.9. The highest BCUT2D eigenvalue weighted by molar-refractivity contribution is 5.94. The smallest absolute Gasteiger partial charge is 0.357 e. The van der Waals surface area contributed by atoms with Gasteiger partial charge in [0.1, 0.15) is 17.8 Å². The highest BCUT2D eigenvalue weighted by Crippen LogP contribution is 2.56. The molecule has 0 bridgehead atoms. The first-order valence-electron chi connectivity index (χ1n) is 9.61. The molecule has 2 heterocycles. The van der Waals surface area contributed by atoms with Gasteiger partial charge in [-0.2, -0.15) is 18.3 Å². The lowest BCUT2D eigenvalue weighted by Crippen LogP contribution is -2.28. The van der Waals surface area contributed by atoms with E-state index < -0.39 is 22.8 Å². The maximum Gasteiger partial charge on any atom is 0.407 e. The van der Waals surface area contributed by atoms with Gasteiger partial charge in [-0.1, -0.05) is 18.2 Å². The van der Waals surface area contributed by atoms with Crippen molar-refractivity contribution in [3.8, 4) is 0 Å². The Bertz CT molecular complexity index is 1170. The monoisotopic (exact) mass is 428 g/mol. The molecule has 7 nitrogen and oxygen atoms in total. The van der Waals surface area contributed by atoms with Crippen LogP contribution in [0.1, 0.15) is 64.4 Å². The molecule has 1 aliphatic rings. The molecule has 10 heteroatoms. The predicted octanol–water partition coefficient (Wildman–Crippen LogP) is 4.58. The minimum absolute atomic E-state index is 0.322. The van der Waals surface area contributed by atoms with Crippen molar-refractivity contribution < 1.29 is 18.0 Å². The molecular formula is C21H19F3N6O. The van der Waals surface area contributed by atoms with Crippen molar-refractivity contribution in [2.75, 3.05) is 0 Å². The van der Waals surface area contributed by atoms with Gasteiger partial charge in [0, 0.05) is 11.6 Å². The lowest BCUT2D eigenvalue weighted by Gasteiger charge is -2.19. The van der Waals surface area contributed by atoms with Crippen LogP contribution in [-0.4, -0.2) is 26.1 Å². The first-order valence-corrected chi connectivity index (χ1v) is 9.61. The number of aromatic nitrogens is 4. The zero-order chi connectivity index (χ0) is 22.4. The molecule has 1 aliphatic carbocycles. The van der Waals surface area contributed by atoms with E-state index in [1.165, 1.54) is 18.5 Å². The molecule has 1 unspecified atom stereocenters. The first-order chi connectivity index (χ1) is 14.7. The number of halogens is 3. The van der Waals surface area contributed by atoms with Gasteiger partial charge in [0.05, 0.1) is 18.2 Å². The van der Waals surface area contributed by atoms with Gasteiger partial charge in [0.2, 0.25) is 0 Å². The van der Waals surface area contributed by atoms with E-state index in [0.717, 1.165) is 30.0 Å². The minimum atomic E-state index is -4.58. The summed E-state index contributed by atoms with van der Waals surface area (Å²) in [6.45, 7) is 10.7. The summed E-state index contributed by atoms with van der Waals surface area (Å²) in [5.41, 5.74) is 0.752. The number of carbonyl (C=O) groups excluding carboxylic acids is 1. The number of nitrogens with one attached hydrogen (secondary N) is 3. The molecule has 1 saturated carbocycles. The molecule has 0 spiro atoms. The Hall–Kier alpha value is -3.61. The van der Waals surface area contributed by atoms with Crippen LogP contribution in [0.3, 0.4) is 0 Å². The predicted molar refractivity (Wildman–Crippen MR) is 106 cm³/mol. The number of aromatic amines is 2. The van der Waals surface area contributed by atoms with E-state index in [1.54, 1.807) is 20.0 Å². The van der Waals surface area contributed by atoms with Gasteiger partial charge in [0.25, 0.3) is 5.91 Å². The molecule has 4 rings (SSSR count). The summed E-state index contributed by atoms with van der Waals surface area (Å²) in [7, 11) is 0. The minimum Gasteiger partial charge on any atom is -0.357 e. The Kier molecular flexibility index (Phi) is 4.84. The van der Waals surface area contributed by atoms with E-state index in [1.807, 2.05) is 0 Å². The Morgan fingerprint density at radius 1 is 1.35 bits per heavy atom. The molecule has 160 valence electrons. The topological polar surface area (TPSA) is 90.8 Å². The van der Waals surface area contributed by atoms with E-state index >= 15 is 0 Å². The summed E-state index contributed by atoms with van der Waals surface area (Å²) in [5, 5.41) is 9.31. The van der Waals surface area contributed by atoms with Gasteiger partial charge < -0.3 is 10.3 Å². The van der Waals surface area contributed by atoms with Crippen LogP contribution in [0.25, 0.3) is 4.85 Å². The molecule has 1 fully saturated rings. The Morgan fingerprint density at radius 2 is 2.10 bits per heavy atom. The van der Waals surface area contributed by atoms with Gasteiger partial charge in [-0.15, -0.1) is 0 Å². The van der Waals surface area contributed by atoms with E-state index in [9.17, 15) is 18.0 Å². The van der Waals surface area contributed by atoms with Gasteiger partial charge in [-0.3, -0.25) is 9.89 Å². The van der Waals surface area contributed by atoms with Crippen molar-refractivity contribution in [2.45, 2.75) is 44.3 Å². The fraction of sp³-hybridized carbons (Fsp3) is 0.333. The molecule has 0 aliphatic heterocycles. The molecule has 3 aromatic rings. The van der Waals surface area contributed by atoms with Crippen molar-refractivity contribution in [3.05, 3.63) is 75.9 Å². The number of benzene rings is 1. The van der Waals surface area contributed by atoms with Crippen molar-refractivity contribution in [1.82, 2.24) is 25.5 Å². The summed E-state index contributed by atoms with van der Waals surface area (Å²) in [6.07, 6.45) is -0.0432. The first kappa shape index (κ1) is 20.7. The second-order valence-electron chi connectivity index (χ2n) is 7.69. The standard InChI is InChI=1S/C21H19F3N6O/c1-11-15(9-26-17(11)19(31)29-12(2)18-27-10-28-30-18)20(6-7-20)13-4-5-14(21(22,23)24)16(8-13)25-3/h4-5,8-10,12,26H,6-7H2,1-2H3,(H,29,31)(H,27,28,30). The van der Waals surface area contributed by atoms with Crippen LogP contribution in [0.15, 0.2) is 30.7 Å². The van der Waals surface area contributed by atoms with Crippen molar-refractivity contribution >= 4 is 11.6 Å². The van der Waals surface area contributed by atoms with Crippen LogP contribution in [0.4, 0.5) is 18.9 Å². The van der Waals surface area contributed by atoms with Crippen LogP contribution in [0.2, 0.25) is 0 Å². The van der Waals surface area contributed by atoms with E-state index in [4.69, 9.17) is 6.57 Å². The third-order valence-electron chi connectivity index (χ3n) is 5.80. The van der Waals surface area contributed by atoms with E-state index in [0.29, 0.717) is 17.1 Å². The number of nitrogens with zero attached hydrogens (tertiary/aromatic N) is 3. The second-order valence-corrected chi connectivity index (χ2v) is 7.69. The number of hydrogen-bond acceptors (Lipinski definition) is 3. The fourth-order valence-corrected chi connectivity index (χ4v) is 3.99. The van der Waals surface area contributed by atoms with Gasteiger partial charge in [-0.25, -0.2) is 9.83 Å². The highest BCUT2D eigenvalue weighted by atomic mass is 19.4. The number of rotatable bonds is 5. The molecule has 0 radical (unpaired) electrons. The quantitative estimate of drug-likeness (QED) is 0.520. The maximum absolute atomic E-state index is 13.2. The number of H-pyrrole nitrogens is 2. The Labute approximate surface area is 175 Å². The van der Waals surface area contributed by atoms with Crippen LogP contribution in [-0.2, 0) is 11.6 Å². The molecule has 2 aromatic heterocycles. The van der Waals surface area contributed by atoms with Crippen molar-refractivity contribution in [3.63, 3.8) is 0 Å². The molecular weight excluding hydrogens is 409 g/mol. The largest absolute Gasteiger partial charge is 0.407 e. The molecule has 3 N–H and O–H groups in total. The van der Waals surface area contributed by atoms with Crippen molar-refractivity contribution in [1.29, 1.82) is 0 Å². The van der Waals surface area contributed by atoms with Gasteiger partial charge >= 0.3 is 6.18 Å². The SMILES string of the molecule is [C-]#[N+]c1cc(C2(c3c[nH]c(C(=O)NC(C)c4ncn[nH]4)c3C)CC2)ccc1C(F)(F)F. The summed E-state index contributed by atoms with van der Waals surface area (Å²) in [4.78, 5) is 22.9. The summed E-state index contributed by atoms with van der Waals surface area (Å²) in [6, 6.07) is 3.34.